The molecule has 34 heavy (non-hydrogen) atoms. The Morgan fingerprint density at radius 1 is 1.15 bits per heavy atom. The van der Waals surface area contributed by atoms with Crippen LogP contribution in [-0.2, 0) is 24.1 Å². The van der Waals surface area contributed by atoms with Gasteiger partial charge in [0, 0.05) is 35.9 Å². The zero-order chi connectivity index (χ0) is 24.3. The molecule has 0 atom stereocenters. The van der Waals surface area contributed by atoms with Gasteiger partial charge in [-0.1, -0.05) is 18.2 Å². The van der Waals surface area contributed by atoms with Gasteiger partial charge in [-0.3, -0.25) is 25.0 Å². The molecule has 0 saturated heterocycles. The van der Waals surface area contributed by atoms with Crippen molar-refractivity contribution in [1.82, 2.24) is 30.4 Å². The summed E-state index contributed by atoms with van der Waals surface area (Å²) in [5.74, 6) is -0.366. The standard InChI is InChI=1S/C21H21F4N7OS/c22-15-4-2-1-3-14(15)12-31-9-7-18(30-31)26-20(34)28-27-19(33)8-10-32-16(13-5-6-13)11-17(29-32)21(23,24)25/h1-4,7,9,11,13H,5-6,8,10,12H2,(H,27,33)(H2,26,28,30,34). The number of rotatable bonds is 7. The van der Waals surface area contributed by atoms with Gasteiger partial charge in [-0.15, -0.1) is 0 Å². The maximum Gasteiger partial charge on any atom is 0.435 e. The van der Waals surface area contributed by atoms with Crippen LogP contribution in [0.4, 0.5) is 23.4 Å². The first-order valence-electron chi connectivity index (χ1n) is 10.5. The zero-order valence-electron chi connectivity index (χ0n) is 17.8. The maximum absolute atomic E-state index is 13.8. The molecule has 0 spiro atoms. The Balaban J connectivity index is 1.23. The van der Waals surface area contributed by atoms with Gasteiger partial charge < -0.3 is 5.32 Å². The van der Waals surface area contributed by atoms with Gasteiger partial charge in [0.1, 0.15) is 5.82 Å². The van der Waals surface area contributed by atoms with Gasteiger partial charge in [0.15, 0.2) is 16.6 Å². The lowest BCUT2D eigenvalue weighted by atomic mass is 10.2. The quantitative estimate of drug-likeness (QED) is 0.264. The van der Waals surface area contributed by atoms with Crippen LogP contribution in [0.1, 0.15) is 42.1 Å². The van der Waals surface area contributed by atoms with Gasteiger partial charge in [0.05, 0.1) is 13.1 Å². The van der Waals surface area contributed by atoms with Gasteiger partial charge in [-0.25, -0.2) is 4.39 Å². The second-order valence-corrected chi connectivity index (χ2v) is 8.23. The summed E-state index contributed by atoms with van der Waals surface area (Å²) < 4.78 is 55.5. The van der Waals surface area contributed by atoms with E-state index >= 15 is 0 Å². The number of halogens is 4. The van der Waals surface area contributed by atoms with E-state index in [-0.39, 0.29) is 36.4 Å². The molecule has 1 amide bonds. The van der Waals surface area contributed by atoms with Crippen molar-refractivity contribution in [3.05, 3.63) is 65.4 Å². The van der Waals surface area contributed by atoms with Crippen molar-refractivity contribution < 1.29 is 22.4 Å². The molecule has 1 aromatic carbocycles. The lowest BCUT2D eigenvalue weighted by Gasteiger charge is -2.11. The molecular formula is C21H21F4N7OS. The minimum atomic E-state index is -4.53. The zero-order valence-corrected chi connectivity index (χ0v) is 18.6. The molecule has 8 nitrogen and oxygen atoms in total. The summed E-state index contributed by atoms with van der Waals surface area (Å²) in [4.78, 5) is 12.1. The summed E-state index contributed by atoms with van der Waals surface area (Å²) in [6.45, 7) is 0.244. The van der Waals surface area contributed by atoms with E-state index in [2.05, 4.69) is 26.4 Å². The molecule has 1 aliphatic rings. The highest BCUT2D eigenvalue weighted by Crippen LogP contribution is 2.42. The smallest absolute Gasteiger partial charge is 0.315 e. The largest absolute Gasteiger partial charge is 0.435 e. The number of aryl methyl sites for hydroxylation is 1. The molecule has 1 aliphatic carbocycles. The monoisotopic (exact) mass is 495 g/mol. The minimum absolute atomic E-state index is 0.00999. The first-order chi connectivity index (χ1) is 16.2. The summed E-state index contributed by atoms with van der Waals surface area (Å²) >= 11 is 5.11. The number of carbonyl (C=O) groups excluding carboxylic acids is 1. The summed E-state index contributed by atoms with van der Waals surface area (Å²) in [7, 11) is 0. The Labute approximate surface area is 197 Å². The number of anilines is 1. The predicted octanol–water partition coefficient (Wildman–Crippen LogP) is 3.57. The van der Waals surface area contributed by atoms with E-state index < -0.39 is 17.8 Å². The lowest BCUT2D eigenvalue weighted by Crippen LogP contribution is -2.44. The molecule has 1 saturated carbocycles. The van der Waals surface area contributed by atoms with E-state index in [0.717, 1.165) is 18.9 Å². The molecule has 3 aromatic rings. The Kier molecular flexibility index (Phi) is 6.82. The highest BCUT2D eigenvalue weighted by atomic mass is 32.1. The second-order valence-electron chi connectivity index (χ2n) is 7.82. The molecular weight excluding hydrogens is 474 g/mol. The van der Waals surface area contributed by atoms with Crippen LogP contribution in [-0.4, -0.2) is 30.6 Å². The molecule has 4 rings (SSSR count). The van der Waals surface area contributed by atoms with E-state index in [4.69, 9.17) is 12.2 Å². The van der Waals surface area contributed by atoms with Crippen molar-refractivity contribution in [3.63, 3.8) is 0 Å². The topological polar surface area (TPSA) is 88.8 Å². The number of hydrazine groups is 1. The van der Waals surface area contributed by atoms with Crippen molar-refractivity contribution in [2.75, 3.05) is 5.32 Å². The SMILES string of the molecule is O=C(CCn1nc(C(F)(F)F)cc1C1CC1)NNC(=S)Nc1ccn(Cc2ccccc2F)n1. The number of aromatic nitrogens is 4. The fourth-order valence-corrected chi connectivity index (χ4v) is 3.47. The van der Waals surface area contributed by atoms with Gasteiger partial charge in [-0.2, -0.15) is 23.4 Å². The number of carbonyl (C=O) groups is 1. The van der Waals surface area contributed by atoms with Crippen molar-refractivity contribution >= 4 is 29.1 Å². The highest BCUT2D eigenvalue weighted by molar-refractivity contribution is 7.80. The second kappa shape index (κ2) is 9.79. The van der Waals surface area contributed by atoms with Crippen LogP contribution in [0.15, 0.2) is 42.6 Å². The summed E-state index contributed by atoms with van der Waals surface area (Å²) in [5, 5.41) is 10.7. The number of nitrogens with zero attached hydrogens (tertiary/aromatic N) is 4. The molecule has 0 radical (unpaired) electrons. The van der Waals surface area contributed by atoms with Crippen LogP contribution >= 0.6 is 12.2 Å². The summed E-state index contributed by atoms with van der Waals surface area (Å²) in [5.41, 5.74) is 4.93. The molecule has 3 N–H and O–H groups in total. The van der Waals surface area contributed by atoms with Crippen LogP contribution in [0, 0.1) is 5.82 Å². The third-order valence-electron chi connectivity index (χ3n) is 5.14. The number of benzene rings is 1. The Morgan fingerprint density at radius 2 is 1.91 bits per heavy atom. The Bertz CT molecular complexity index is 1190. The molecule has 1 fully saturated rings. The van der Waals surface area contributed by atoms with E-state index in [1.165, 1.54) is 15.4 Å². The minimum Gasteiger partial charge on any atom is -0.315 e. The molecule has 0 unspecified atom stereocenters. The fraction of sp³-hybridized carbons (Fsp3) is 0.333. The molecule has 180 valence electrons. The highest BCUT2D eigenvalue weighted by Gasteiger charge is 2.37. The Hall–Kier alpha value is -3.48. The average molecular weight is 496 g/mol. The summed E-state index contributed by atoms with van der Waals surface area (Å²) in [6.07, 6.45) is -1.35. The van der Waals surface area contributed by atoms with Crippen LogP contribution < -0.4 is 16.2 Å². The van der Waals surface area contributed by atoms with E-state index in [1.54, 1.807) is 30.5 Å². The first-order valence-corrected chi connectivity index (χ1v) is 10.9. The Morgan fingerprint density at radius 3 is 2.62 bits per heavy atom. The molecule has 13 heteroatoms. The van der Waals surface area contributed by atoms with Gasteiger partial charge in [0.25, 0.3) is 0 Å². The third kappa shape index (κ3) is 6.10. The van der Waals surface area contributed by atoms with E-state index in [0.29, 0.717) is 17.1 Å². The number of hydrogen-bond acceptors (Lipinski definition) is 4. The van der Waals surface area contributed by atoms with Crippen molar-refractivity contribution in [2.45, 2.75) is 44.4 Å². The summed E-state index contributed by atoms with van der Waals surface area (Å²) in [6, 6.07) is 9.05. The molecule has 0 aliphatic heterocycles. The van der Waals surface area contributed by atoms with Crippen molar-refractivity contribution in [2.24, 2.45) is 0 Å². The molecule has 2 aromatic heterocycles. The van der Waals surface area contributed by atoms with E-state index in [9.17, 15) is 22.4 Å². The number of amides is 1. The van der Waals surface area contributed by atoms with Gasteiger partial charge in [0.2, 0.25) is 5.91 Å². The normalized spacial score (nSPS) is 13.5. The predicted molar refractivity (Wildman–Crippen MR) is 119 cm³/mol. The van der Waals surface area contributed by atoms with Crippen LogP contribution in [0.5, 0.6) is 0 Å². The van der Waals surface area contributed by atoms with Crippen LogP contribution in [0.3, 0.4) is 0 Å². The van der Waals surface area contributed by atoms with Crippen molar-refractivity contribution in [3.8, 4) is 0 Å². The fourth-order valence-electron chi connectivity index (χ4n) is 3.32. The molecule has 0 bridgehead atoms. The van der Waals surface area contributed by atoms with Gasteiger partial charge >= 0.3 is 6.18 Å². The number of hydrogen-bond donors (Lipinski definition) is 3. The maximum atomic E-state index is 13.8. The molecule has 2 heterocycles. The van der Waals surface area contributed by atoms with Crippen molar-refractivity contribution in [1.29, 1.82) is 0 Å². The van der Waals surface area contributed by atoms with E-state index in [1.807, 2.05) is 0 Å². The van der Waals surface area contributed by atoms with Crippen LogP contribution in [0.25, 0.3) is 0 Å². The lowest BCUT2D eigenvalue weighted by molar-refractivity contribution is -0.141. The number of nitrogens with one attached hydrogen (secondary N) is 3. The first kappa shape index (κ1) is 23.7. The number of thiocarbonyl (C=S) groups is 1. The van der Waals surface area contributed by atoms with Gasteiger partial charge in [-0.05, 0) is 37.2 Å². The average Bonchev–Trinajstić information content (AvgIpc) is 3.37. The van der Waals surface area contributed by atoms with Crippen LogP contribution in [0.2, 0.25) is 0 Å². The third-order valence-corrected chi connectivity index (χ3v) is 5.34. The number of alkyl halides is 3.